The Labute approximate surface area is 93.5 Å². The summed E-state index contributed by atoms with van der Waals surface area (Å²) >= 11 is 0. The fourth-order valence-electron chi connectivity index (χ4n) is 1.81. The van der Waals surface area contributed by atoms with Crippen LogP contribution in [0, 0.1) is 0 Å². The van der Waals surface area contributed by atoms with Crippen LogP contribution in [-0.2, 0) is 13.6 Å². The molecule has 0 saturated heterocycles. The summed E-state index contributed by atoms with van der Waals surface area (Å²) in [5.74, 6) is 0. The van der Waals surface area contributed by atoms with Crippen molar-refractivity contribution in [1.82, 2.24) is 14.1 Å². The zero-order valence-electron chi connectivity index (χ0n) is 9.77. The number of imidazole rings is 1. The Morgan fingerprint density at radius 3 is 2.75 bits per heavy atom. The highest BCUT2D eigenvalue weighted by molar-refractivity contribution is 5.74. The minimum atomic E-state index is -0.415. The molecule has 0 unspecified atom stereocenters. The first-order valence-electron chi connectivity index (χ1n) is 5.18. The highest BCUT2D eigenvalue weighted by Gasteiger charge is 2.17. The number of aryl methyl sites for hydroxylation is 1. The van der Waals surface area contributed by atoms with Crippen molar-refractivity contribution in [3.8, 4) is 0 Å². The van der Waals surface area contributed by atoms with E-state index in [1.54, 1.807) is 28.6 Å². The predicted octanol–water partition coefficient (Wildman–Crippen LogP) is 0.472. The Hall–Kier alpha value is -1.62. The molecule has 5 heteroatoms. The molecule has 0 aliphatic carbocycles. The Bertz CT molecular complexity index is 574. The van der Waals surface area contributed by atoms with E-state index in [1.807, 2.05) is 19.9 Å². The third-order valence-corrected chi connectivity index (χ3v) is 2.51. The monoisotopic (exact) mass is 220 g/mol. The molecule has 2 heterocycles. The first kappa shape index (κ1) is 10.9. The van der Waals surface area contributed by atoms with Crippen LogP contribution >= 0.6 is 0 Å². The summed E-state index contributed by atoms with van der Waals surface area (Å²) in [6, 6.07) is 1.84. The van der Waals surface area contributed by atoms with E-state index in [9.17, 15) is 4.79 Å². The van der Waals surface area contributed by atoms with Crippen LogP contribution in [0.5, 0.6) is 0 Å². The maximum Gasteiger partial charge on any atom is 0.328 e. The molecule has 2 rings (SSSR count). The average Bonchev–Trinajstić information content (AvgIpc) is 2.43. The summed E-state index contributed by atoms with van der Waals surface area (Å²) in [6.07, 6.45) is 3.37. The minimum Gasteiger partial charge on any atom is -0.324 e. The van der Waals surface area contributed by atoms with Crippen LogP contribution in [-0.4, -0.2) is 19.7 Å². The molecule has 0 atom stereocenters. The minimum absolute atomic E-state index is 0.0541. The number of fused-ring (bicyclic) bond motifs is 1. The first-order chi connectivity index (χ1) is 7.40. The van der Waals surface area contributed by atoms with Gasteiger partial charge in [-0.25, -0.2) is 4.79 Å². The number of aromatic nitrogens is 3. The molecule has 0 aromatic carbocycles. The number of hydrogen-bond donors (Lipinski definition) is 1. The zero-order valence-corrected chi connectivity index (χ0v) is 9.77. The molecule has 0 saturated carbocycles. The Kier molecular flexibility index (Phi) is 2.35. The molecule has 2 aromatic rings. The van der Waals surface area contributed by atoms with E-state index >= 15 is 0 Å². The number of rotatable bonds is 2. The molecule has 0 aliphatic heterocycles. The number of nitrogens with two attached hydrogens (primary N) is 1. The van der Waals surface area contributed by atoms with Gasteiger partial charge >= 0.3 is 5.69 Å². The van der Waals surface area contributed by atoms with Gasteiger partial charge in [-0.1, -0.05) is 0 Å². The van der Waals surface area contributed by atoms with Crippen molar-refractivity contribution >= 4 is 11.0 Å². The van der Waals surface area contributed by atoms with Crippen LogP contribution in [0.1, 0.15) is 13.8 Å². The molecule has 2 aromatic heterocycles. The molecule has 0 spiro atoms. The molecule has 5 nitrogen and oxygen atoms in total. The quantitative estimate of drug-likeness (QED) is 0.800. The largest absolute Gasteiger partial charge is 0.328 e. The van der Waals surface area contributed by atoms with Gasteiger partial charge in [0.2, 0.25) is 0 Å². The van der Waals surface area contributed by atoms with Gasteiger partial charge in [0.25, 0.3) is 0 Å². The van der Waals surface area contributed by atoms with Gasteiger partial charge in [0, 0.05) is 25.3 Å². The third kappa shape index (κ3) is 1.74. The van der Waals surface area contributed by atoms with Crippen molar-refractivity contribution in [3.63, 3.8) is 0 Å². The lowest BCUT2D eigenvalue weighted by Gasteiger charge is -2.18. The predicted molar refractivity (Wildman–Crippen MR) is 63.2 cm³/mol. The van der Waals surface area contributed by atoms with E-state index in [-0.39, 0.29) is 5.69 Å². The summed E-state index contributed by atoms with van der Waals surface area (Å²) in [5.41, 5.74) is 7.19. The van der Waals surface area contributed by atoms with Crippen LogP contribution in [0.2, 0.25) is 0 Å². The van der Waals surface area contributed by atoms with Gasteiger partial charge in [0.05, 0.1) is 17.2 Å². The summed E-state index contributed by atoms with van der Waals surface area (Å²) in [5, 5.41) is 0. The van der Waals surface area contributed by atoms with Crippen molar-refractivity contribution < 1.29 is 0 Å². The lowest BCUT2D eigenvalue weighted by atomic mass is 10.1. The Morgan fingerprint density at radius 2 is 2.12 bits per heavy atom. The zero-order chi connectivity index (χ0) is 11.9. The van der Waals surface area contributed by atoms with Crippen molar-refractivity contribution in [2.24, 2.45) is 12.8 Å². The lowest BCUT2D eigenvalue weighted by molar-refractivity contribution is 0.431. The van der Waals surface area contributed by atoms with Crippen LogP contribution in [0.3, 0.4) is 0 Å². The Morgan fingerprint density at radius 1 is 1.44 bits per heavy atom. The molecule has 16 heavy (non-hydrogen) atoms. The third-order valence-electron chi connectivity index (χ3n) is 2.51. The van der Waals surface area contributed by atoms with Crippen molar-refractivity contribution in [3.05, 3.63) is 28.9 Å². The molecule has 0 aliphatic rings. The van der Waals surface area contributed by atoms with Gasteiger partial charge in [-0.2, -0.15) is 0 Å². The van der Waals surface area contributed by atoms with Crippen LogP contribution in [0.4, 0.5) is 0 Å². The number of hydrogen-bond acceptors (Lipinski definition) is 3. The average molecular weight is 220 g/mol. The molecule has 0 fully saturated rings. The van der Waals surface area contributed by atoms with Gasteiger partial charge in [0.15, 0.2) is 0 Å². The summed E-state index contributed by atoms with van der Waals surface area (Å²) in [7, 11) is 1.74. The highest BCUT2D eigenvalue weighted by atomic mass is 16.1. The lowest BCUT2D eigenvalue weighted by Crippen LogP contribution is -2.40. The standard InChI is InChI=1S/C11H16N4O/c1-11(2,12)7-15-8-4-5-13-6-9(8)14(3)10(15)16/h4-6H,7,12H2,1-3H3. The van der Waals surface area contributed by atoms with E-state index in [0.717, 1.165) is 11.0 Å². The molecule has 0 amide bonds. The molecular weight excluding hydrogens is 204 g/mol. The number of nitrogens with zero attached hydrogens (tertiary/aromatic N) is 3. The normalized spacial score (nSPS) is 12.2. The van der Waals surface area contributed by atoms with Crippen molar-refractivity contribution in [2.75, 3.05) is 0 Å². The summed E-state index contributed by atoms with van der Waals surface area (Å²) in [6.45, 7) is 4.30. The Balaban J connectivity index is 2.70. The molecule has 2 N–H and O–H groups in total. The van der Waals surface area contributed by atoms with Gasteiger partial charge < -0.3 is 5.73 Å². The SMILES string of the molecule is Cn1c(=O)n(CC(C)(C)N)c2ccncc21. The second-order valence-corrected chi connectivity index (χ2v) is 4.78. The van der Waals surface area contributed by atoms with Crippen LogP contribution in [0.25, 0.3) is 11.0 Å². The molecule has 0 bridgehead atoms. The fourth-order valence-corrected chi connectivity index (χ4v) is 1.81. The highest BCUT2D eigenvalue weighted by Crippen LogP contribution is 2.12. The maximum atomic E-state index is 12.0. The fraction of sp³-hybridized carbons (Fsp3) is 0.455. The van der Waals surface area contributed by atoms with E-state index in [2.05, 4.69) is 4.98 Å². The maximum absolute atomic E-state index is 12.0. The van der Waals surface area contributed by atoms with E-state index in [0.29, 0.717) is 6.54 Å². The van der Waals surface area contributed by atoms with Crippen molar-refractivity contribution in [1.29, 1.82) is 0 Å². The second kappa shape index (κ2) is 3.45. The van der Waals surface area contributed by atoms with Crippen LogP contribution in [0.15, 0.2) is 23.3 Å². The van der Waals surface area contributed by atoms with Gasteiger partial charge in [-0.15, -0.1) is 0 Å². The molecular formula is C11H16N4O. The van der Waals surface area contributed by atoms with Crippen LogP contribution < -0.4 is 11.4 Å². The first-order valence-corrected chi connectivity index (χ1v) is 5.18. The van der Waals surface area contributed by atoms with Gasteiger partial charge in [-0.05, 0) is 19.9 Å². The molecule has 86 valence electrons. The van der Waals surface area contributed by atoms with E-state index in [4.69, 9.17) is 5.73 Å². The topological polar surface area (TPSA) is 65.8 Å². The van der Waals surface area contributed by atoms with Crippen molar-refractivity contribution in [2.45, 2.75) is 25.9 Å². The second-order valence-electron chi connectivity index (χ2n) is 4.78. The summed E-state index contributed by atoms with van der Waals surface area (Å²) < 4.78 is 3.28. The van der Waals surface area contributed by atoms with E-state index in [1.165, 1.54) is 0 Å². The van der Waals surface area contributed by atoms with E-state index < -0.39 is 5.54 Å². The van der Waals surface area contributed by atoms with Gasteiger partial charge in [0.1, 0.15) is 0 Å². The van der Waals surface area contributed by atoms with Gasteiger partial charge in [-0.3, -0.25) is 14.1 Å². The molecule has 0 radical (unpaired) electrons. The summed E-state index contributed by atoms with van der Waals surface area (Å²) in [4.78, 5) is 16.0. The smallest absolute Gasteiger partial charge is 0.324 e. The number of pyridine rings is 1.